The molecule has 1 spiro atoms. The van der Waals surface area contributed by atoms with Gasteiger partial charge in [0.1, 0.15) is 9.84 Å². The van der Waals surface area contributed by atoms with Crippen LogP contribution in [0.15, 0.2) is 30.3 Å². The molecule has 1 amide bonds. The minimum absolute atomic E-state index is 0.0447. The number of sulfone groups is 1. The van der Waals surface area contributed by atoms with Gasteiger partial charge < -0.3 is 10.4 Å². The van der Waals surface area contributed by atoms with Crippen LogP contribution in [0.3, 0.4) is 0 Å². The van der Waals surface area contributed by atoms with Gasteiger partial charge in [0.15, 0.2) is 0 Å². The van der Waals surface area contributed by atoms with E-state index in [1.54, 1.807) is 24.3 Å². The summed E-state index contributed by atoms with van der Waals surface area (Å²) >= 11 is 0. The van der Waals surface area contributed by atoms with E-state index in [9.17, 15) is 23.1 Å². The maximum Gasteiger partial charge on any atom is 0.312 e. The highest BCUT2D eigenvalue weighted by Gasteiger charge is 2.59. The molecule has 1 heterocycles. The van der Waals surface area contributed by atoms with Crippen LogP contribution in [0.1, 0.15) is 30.7 Å². The Morgan fingerprint density at radius 3 is 2.42 bits per heavy atom. The second kappa shape index (κ2) is 6.20. The smallest absolute Gasteiger partial charge is 0.312 e. The highest BCUT2D eigenvalue weighted by molar-refractivity contribution is 7.91. The van der Waals surface area contributed by atoms with Crippen LogP contribution >= 0.6 is 0 Å². The highest BCUT2D eigenvalue weighted by atomic mass is 32.2. The van der Waals surface area contributed by atoms with Gasteiger partial charge >= 0.3 is 5.97 Å². The lowest BCUT2D eigenvalue weighted by Crippen LogP contribution is -2.35. The molecule has 1 saturated carbocycles. The largest absolute Gasteiger partial charge is 0.481 e. The zero-order valence-corrected chi connectivity index (χ0v) is 14.1. The van der Waals surface area contributed by atoms with E-state index in [1.165, 1.54) is 0 Å². The van der Waals surface area contributed by atoms with Crippen LogP contribution in [0.25, 0.3) is 0 Å². The third-order valence-electron chi connectivity index (χ3n) is 5.31. The summed E-state index contributed by atoms with van der Waals surface area (Å²) in [6, 6.07) is 8.81. The molecule has 130 valence electrons. The molecule has 1 aliphatic carbocycles. The van der Waals surface area contributed by atoms with Crippen LogP contribution in [-0.2, 0) is 19.4 Å². The summed E-state index contributed by atoms with van der Waals surface area (Å²) in [5.74, 6) is -1.79. The van der Waals surface area contributed by atoms with Crippen LogP contribution in [-0.4, -0.2) is 43.5 Å². The van der Waals surface area contributed by atoms with Crippen LogP contribution in [0.2, 0.25) is 0 Å². The predicted octanol–water partition coefficient (Wildman–Crippen LogP) is 1.19. The van der Waals surface area contributed by atoms with Gasteiger partial charge in [0.25, 0.3) is 0 Å². The summed E-state index contributed by atoms with van der Waals surface area (Å²) in [6.07, 6.45) is 1.78. The fourth-order valence-corrected chi connectivity index (χ4v) is 5.21. The lowest BCUT2D eigenvalue weighted by atomic mass is 9.95. The lowest BCUT2D eigenvalue weighted by Gasteiger charge is -2.22. The number of benzene rings is 1. The number of hydrogen-bond acceptors (Lipinski definition) is 4. The molecular weight excluding hydrogens is 330 g/mol. The summed E-state index contributed by atoms with van der Waals surface area (Å²) < 4.78 is 23.0. The third-order valence-corrected chi connectivity index (χ3v) is 6.96. The van der Waals surface area contributed by atoms with Crippen molar-refractivity contribution in [3.8, 4) is 0 Å². The Balaban J connectivity index is 1.57. The van der Waals surface area contributed by atoms with Gasteiger partial charge in [0, 0.05) is 12.5 Å². The van der Waals surface area contributed by atoms with E-state index in [4.69, 9.17) is 0 Å². The van der Waals surface area contributed by atoms with Gasteiger partial charge in [-0.05, 0) is 30.2 Å². The van der Waals surface area contributed by atoms with Crippen molar-refractivity contribution in [1.29, 1.82) is 0 Å². The molecule has 7 heteroatoms. The molecule has 1 aromatic rings. The molecule has 1 aromatic carbocycles. The first-order valence-electron chi connectivity index (χ1n) is 8.09. The average Bonchev–Trinajstić information content (AvgIpc) is 3.26. The van der Waals surface area contributed by atoms with E-state index in [2.05, 4.69) is 5.32 Å². The zero-order chi connectivity index (χ0) is 17.4. The molecule has 1 aliphatic heterocycles. The van der Waals surface area contributed by atoms with Gasteiger partial charge in [0.2, 0.25) is 5.91 Å². The molecule has 2 atom stereocenters. The highest BCUT2D eigenvalue weighted by Crippen LogP contribution is 2.59. The van der Waals surface area contributed by atoms with Crippen molar-refractivity contribution < 1.29 is 23.1 Å². The molecule has 2 N–H and O–H groups in total. The molecule has 0 aromatic heterocycles. The van der Waals surface area contributed by atoms with Gasteiger partial charge in [-0.2, -0.15) is 0 Å². The number of nitrogens with one attached hydrogen (secondary N) is 1. The number of hydrogen-bond donors (Lipinski definition) is 2. The molecule has 0 bridgehead atoms. The summed E-state index contributed by atoms with van der Waals surface area (Å²) in [4.78, 5) is 23.8. The summed E-state index contributed by atoms with van der Waals surface area (Å²) in [5, 5.41) is 12.1. The van der Waals surface area contributed by atoms with E-state index in [0.717, 1.165) is 0 Å². The topological polar surface area (TPSA) is 101 Å². The quantitative estimate of drug-likeness (QED) is 0.830. The molecule has 2 unspecified atom stereocenters. The van der Waals surface area contributed by atoms with Crippen LogP contribution in [0, 0.1) is 11.3 Å². The van der Waals surface area contributed by atoms with Gasteiger partial charge in [-0.3, -0.25) is 9.59 Å². The van der Waals surface area contributed by atoms with Crippen molar-refractivity contribution in [2.24, 2.45) is 11.3 Å². The van der Waals surface area contributed by atoms with E-state index >= 15 is 0 Å². The lowest BCUT2D eigenvalue weighted by molar-refractivity contribution is -0.138. The minimum atomic E-state index is -2.95. The van der Waals surface area contributed by atoms with Gasteiger partial charge in [-0.1, -0.05) is 30.3 Å². The minimum Gasteiger partial charge on any atom is -0.481 e. The maximum atomic E-state index is 12.3. The van der Waals surface area contributed by atoms with E-state index < -0.39 is 21.7 Å². The third kappa shape index (κ3) is 3.45. The first-order valence-corrected chi connectivity index (χ1v) is 9.91. The van der Waals surface area contributed by atoms with Gasteiger partial charge in [-0.25, -0.2) is 8.42 Å². The first-order chi connectivity index (χ1) is 11.3. The monoisotopic (exact) mass is 351 g/mol. The molecule has 0 radical (unpaired) electrons. The summed E-state index contributed by atoms with van der Waals surface area (Å²) in [7, 11) is -2.95. The molecule has 2 aliphatic rings. The van der Waals surface area contributed by atoms with Crippen molar-refractivity contribution in [2.45, 2.75) is 25.2 Å². The summed E-state index contributed by atoms with van der Waals surface area (Å²) in [6.45, 7) is 0.0447. The number of aliphatic carboxylic acids is 1. The molecular formula is C17H21NO5S. The van der Waals surface area contributed by atoms with Crippen molar-refractivity contribution in [3.05, 3.63) is 35.9 Å². The number of carbonyl (C=O) groups excluding carboxylic acids is 1. The molecule has 2 fully saturated rings. The fourth-order valence-electron chi connectivity index (χ4n) is 3.57. The Morgan fingerprint density at radius 1 is 1.21 bits per heavy atom. The molecule has 3 rings (SSSR count). The van der Waals surface area contributed by atoms with Crippen molar-refractivity contribution in [1.82, 2.24) is 5.32 Å². The van der Waals surface area contributed by atoms with E-state index in [1.807, 2.05) is 6.07 Å². The van der Waals surface area contributed by atoms with Crippen LogP contribution in [0.4, 0.5) is 0 Å². The average molecular weight is 351 g/mol. The van der Waals surface area contributed by atoms with Crippen LogP contribution in [0.5, 0.6) is 0 Å². The van der Waals surface area contributed by atoms with E-state index in [0.29, 0.717) is 24.8 Å². The van der Waals surface area contributed by atoms with Gasteiger partial charge in [0.05, 0.1) is 17.4 Å². The maximum absolute atomic E-state index is 12.3. The van der Waals surface area contributed by atoms with E-state index in [-0.39, 0.29) is 35.3 Å². The normalized spacial score (nSPS) is 24.9. The zero-order valence-electron chi connectivity index (χ0n) is 13.3. The second-order valence-electron chi connectivity index (χ2n) is 6.82. The molecule has 1 saturated heterocycles. The number of amides is 1. The molecule has 6 nitrogen and oxygen atoms in total. The van der Waals surface area contributed by atoms with Crippen LogP contribution < -0.4 is 5.32 Å². The molecule has 24 heavy (non-hydrogen) atoms. The Hall–Kier alpha value is -1.89. The summed E-state index contributed by atoms with van der Waals surface area (Å²) in [5.41, 5.74) is 0.473. The standard InChI is InChI=1S/C17H21NO5S/c19-15(14-10-17(14)6-8-24(22,23)9-7-17)18-11-13(16(20)21)12-4-2-1-3-5-12/h1-5,13-14H,6-11H2,(H,18,19)(H,20,21). The second-order valence-corrected chi connectivity index (χ2v) is 9.12. The number of carbonyl (C=O) groups is 2. The van der Waals surface area contributed by atoms with Gasteiger partial charge in [-0.15, -0.1) is 0 Å². The number of carboxylic acid groups (broad SMARTS) is 1. The van der Waals surface area contributed by atoms with Crippen molar-refractivity contribution in [2.75, 3.05) is 18.1 Å². The predicted molar refractivity (Wildman–Crippen MR) is 88.3 cm³/mol. The number of rotatable bonds is 5. The van der Waals surface area contributed by atoms with Crippen molar-refractivity contribution in [3.63, 3.8) is 0 Å². The Bertz CT molecular complexity index is 730. The Morgan fingerprint density at radius 2 is 1.83 bits per heavy atom. The Kier molecular flexibility index (Phi) is 4.38. The fraction of sp³-hybridized carbons (Fsp3) is 0.529. The number of carboxylic acids is 1. The Labute approximate surface area is 141 Å². The first kappa shape index (κ1) is 17.0. The van der Waals surface area contributed by atoms with Crippen molar-refractivity contribution >= 4 is 21.7 Å². The SMILES string of the molecule is O=C(O)C(CNC(=O)C1CC12CCS(=O)(=O)CC2)c1ccccc1.